The van der Waals surface area contributed by atoms with Crippen LogP contribution in [0, 0.1) is 0 Å². The summed E-state index contributed by atoms with van der Waals surface area (Å²) in [5.74, 6) is 0.215. The van der Waals surface area contributed by atoms with Crippen LogP contribution in [0.4, 0.5) is 10.5 Å². The first-order valence-electron chi connectivity index (χ1n) is 15.0. The molecule has 2 rings (SSSR count). The summed E-state index contributed by atoms with van der Waals surface area (Å²) in [6, 6.07) is 14.2. The Morgan fingerprint density at radius 3 is 1.62 bits per heavy atom. The predicted molar refractivity (Wildman–Crippen MR) is 163 cm³/mol. The molecule has 3 amide bonds. The van der Waals surface area contributed by atoms with Gasteiger partial charge < -0.3 is 21.1 Å². The number of phenols is 1. The Balaban J connectivity index is 1.40. The summed E-state index contributed by atoms with van der Waals surface area (Å²) in [6.07, 6.45) is 20.1. The molecule has 0 heterocycles. The number of benzene rings is 2. The third-order valence-corrected chi connectivity index (χ3v) is 7.74. The van der Waals surface area contributed by atoms with Crippen molar-refractivity contribution in [1.29, 1.82) is 0 Å². The van der Waals surface area contributed by atoms with Gasteiger partial charge in [-0.15, -0.1) is 0 Å². The molecule has 6 nitrogen and oxygen atoms in total. The zero-order valence-electron chi connectivity index (χ0n) is 23.8. The van der Waals surface area contributed by atoms with Crippen molar-refractivity contribution < 1.29 is 14.7 Å². The molecule has 0 saturated heterocycles. The molecule has 7 heteroatoms. The quantitative estimate of drug-likeness (QED) is 0.0914. The highest BCUT2D eigenvalue weighted by Gasteiger charge is 2.05. The van der Waals surface area contributed by atoms with Gasteiger partial charge in [-0.2, -0.15) is 0 Å². The second kappa shape index (κ2) is 21.2. The lowest BCUT2D eigenvalue weighted by Gasteiger charge is -2.10. The average molecular weight is 556 g/mol. The molecule has 0 radical (unpaired) electrons. The molecule has 4 N–H and O–H groups in total. The van der Waals surface area contributed by atoms with Gasteiger partial charge in [0.1, 0.15) is 5.75 Å². The molecule has 0 unspecified atom stereocenters. The van der Waals surface area contributed by atoms with Gasteiger partial charge in [-0.25, -0.2) is 4.79 Å². The number of urea groups is 1. The Hall–Kier alpha value is -2.67. The van der Waals surface area contributed by atoms with Crippen molar-refractivity contribution in [3.63, 3.8) is 0 Å². The van der Waals surface area contributed by atoms with Gasteiger partial charge in [0.05, 0.1) is 6.67 Å². The Kier molecular flexibility index (Phi) is 17.7. The number of hydrogen-bond donors (Lipinski definition) is 4. The lowest BCUT2D eigenvalue weighted by Crippen LogP contribution is -2.39. The maximum atomic E-state index is 12.1. The highest BCUT2D eigenvalue weighted by atomic mass is 32.2. The van der Waals surface area contributed by atoms with E-state index in [1.54, 1.807) is 23.9 Å². The van der Waals surface area contributed by atoms with E-state index in [1.165, 1.54) is 83.5 Å². The van der Waals surface area contributed by atoms with Crippen LogP contribution in [0.25, 0.3) is 0 Å². The van der Waals surface area contributed by atoms with Crippen LogP contribution in [0.1, 0.15) is 110 Å². The number of nitrogens with one attached hydrogen (secondary N) is 3. The summed E-state index contributed by atoms with van der Waals surface area (Å²) in [4.78, 5) is 26.2. The van der Waals surface area contributed by atoms with Gasteiger partial charge in [-0.1, -0.05) is 109 Å². The van der Waals surface area contributed by atoms with Crippen molar-refractivity contribution in [3.8, 4) is 5.75 Å². The lowest BCUT2D eigenvalue weighted by atomic mass is 10.0. The van der Waals surface area contributed by atoms with E-state index in [-0.39, 0.29) is 24.4 Å². The minimum atomic E-state index is -0.360. The first-order chi connectivity index (χ1) is 19.1. The number of unbranched alkanes of at least 4 members (excludes halogenated alkanes) is 14. The van der Waals surface area contributed by atoms with Gasteiger partial charge >= 0.3 is 6.03 Å². The normalized spacial score (nSPS) is 10.8. The van der Waals surface area contributed by atoms with Crippen molar-refractivity contribution in [2.24, 2.45) is 0 Å². The Morgan fingerprint density at radius 2 is 1.10 bits per heavy atom. The Labute approximate surface area is 240 Å². The highest BCUT2D eigenvalue weighted by Crippen LogP contribution is 2.29. The van der Waals surface area contributed by atoms with Crippen LogP contribution in [0.3, 0.4) is 0 Å². The minimum absolute atomic E-state index is 0.0272. The van der Waals surface area contributed by atoms with E-state index in [9.17, 15) is 14.7 Å². The van der Waals surface area contributed by atoms with E-state index >= 15 is 0 Å². The second-order valence-electron chi connectivity index (χ2n) is 10.2. The number of amides is 3. The number of carbonyl (C=O) groups is 2. The molecular formula is C32H49N3O3S. The molecule has 39 heavy (non-hydrogen) atoms. The Bertz CT molecular complexity index is 919. The van der Waals surface area contributed by atoms with Crippen LogP contribution >= 0.6 is 11.8 Å². The van der Waals surface area contributed by atoms with Crippen LogP contribution in [0.15, 0.2) is 58.3 Å². The van der Waals surface area contributed by atoms with E-state index in [4.69, 9.17) is 0 Å². The van der Waals surface area contributed by atoms with Crippen molar-refractivity contribution in [3.05, 3.63) is 48.5 Å². The van der Waals surface area contributed by atoms with Gasteiger partial charge in [0.15, 0.2) is 0 Å². The van der Waals surface area contributed by atoms with E-state index in [2.05, 4.69) is 22.9 Å². The van der Waals surface area contributed by atoms with Crippen LogP contribution in [0.5, 0.6) is 5.75 Å². The fraction of sp³-hybridized carbons (Fsp3) is 0.562. The fourth-order valence-corrected chi connectivity index (χ4v) is 5.22. The maximum absolute atomic E-state index is 12.1. The molecule has 0 spiro atoms. The molecule has 2 aromatic carbocycles. The first kappa shape index (κ1) is 32.5. The third kappa shape index (κ3) is 16.8. The SMILES string of the molecule is CCCCCCCCCCCCCCCCCC(=O)NCNC(=O)Nc1ccc(Sc2ccc(O)cc2)cc1. The lowest BCUT2D eigenvalue weighted by molar-refractivity contribution is -0.121. The predicted octanol–water partition coefficient (Wildman–Crippen LogP) is 9.00. The van der Waals surface area contributed by atoms with Crippen LogP contribution in [-0.2, 0) is 4.79 Å². The average Bonchev–Trinajstić information content (AvgIpc) is 2.93. The van der Waals surface area contributed by atoms with E-state index in [0.29, 0.717) is 12.1 Å². The summed E-state index contributed by atoms with van der Waals surface area (Å²) >= 11 is 1.57. The largest absolute Gasteiger partial charge is 0.508 e. The zero-order chi connectivity index (χ0) is 28.0. The standard InChI is InChI=1S/C32H49N3O3S/c1-2-3-4-5-6-7-8-9-10-11-12-13-14-15-16-17-31(37)33-26-34-32(38)35-27-18-22-29(23-19-27)39-30-24-20-28(36)21-25-30/h18-25,36H,2-17,26H2,1H3,(H,33,37)(H2,34,35,38). The number of hydrogen-bond acceptors (Lipinski definition) is 4. The van der Waals surface area contributed by atoms with Crippen LogP contribution < -0.4 is 16.0 Å². The zero-order valence-corrected chi connectivity index (χ0v) is 24.6. The van der Waals surface area contributed by atoms with E-state index in [1.807, 2.05) is 36.4 Å². The molecule has 2 aromatic rings. The number of rotatable bonds is 21. The number of phenolic OH excluding ortho intramolecular Hbond substituents is 1. The summed E-state index contributed by atoms with van der Waals surface area (Å²) in [6.45, 7) is 2.38. The first-order valence-corrected chi connectivity index (χ1v) is 15.8. The van der Waals surface area contributed by atoms with Gasteiger partial charge in [0.2, 0.25) is 5.91 Å². The molecule has 0 aromatic heterocycles. The number of aromatic hydroxyl groups is 1. The fourth-order valence-electron chi connectivity index (χ4n) is 4.40. The van der Waals surface area contributed by atoms with Gasteiger partial charge in [0, 0.05) is 21.9 Å². The molecule has 0 saturated carbocycles. The van der Waals surface area contributed by atoms with Gasteiger partial charge in [-0.3, -0.25) is 4.79 Å². The molecule has 0 aliphatic rings. The molecule has 0 aliphatic carbocycles. The van der Waals surface area contributed by atoms with Crippen molar-refractivity contribution in [2.75, 3.05) is 12.0 Å². The monoisotopic (exact) mass is 555 g/mol. The topological polar surface area (TPSA) is 90.5 Å². The molecule has 0 atom stereocenters. The second-order valence-corrected chi connectivity index (χ2v) is 11.4. The number of anilines is 1. The van der Waals surface area contributed by atoms with Crippen molar-refractivity contribution >= 4 is 29.4 Å². The molecule has 0 bridgehead atoms. The summed E-state index contributed by atoms with van der Waals surface area (Å²) < 4.78 is 0. The maximum Gasteiger partial charge on any atom is 0.320 e. The van der Waals surface area contributed by atoms with E-state index in [0.717, 1.165) is 22.6 Å². The van der Waals surface area contributed by atoms with Crippen LogP contribution in [0.2, 0.25) is 0 Å². The van der Waals surface area contributed by atoms with Crippen molar-refractivity contribution in [2.45, 2.75) is 119 Å². The number of carbonyl (C=O) groups excluding carboxylic acids is 2. The summed E-state index contributed by atoms with van der Waals surface area (Å²) in [5.41, 5.74) is 0.673. The van der Waals surface area contributed by atoms with Crippen LogP contribution in [-0.4, -0.2) is 23.7 Å². The summed E-state index contributed by atoms with van der Waals surface area (Å²) in [7, 11) is 0. The molecule has 0 fully saturated rings. The molecular weight excluding hydrogens is 506 g/mol. The van der Waals surface area contributed by atoms with Gasteiger partial charge in [0.25, 0.3) is 0 Å². The highest BCUT2D eigenvalue weighted by molar-refractivity contribution is 7.99. The summed E-state index contributed by atoms with van der Waals surface area (Å²) in [5, 5.41) is 17.6. The van der Waals surface area contributed by atoms with Gasteiger partial charge in [-0.05, 0) is 55.0 Å². The van der Waals surface area contributed by atoms with Crippen molar-refractivity contribution in [1.82, 2.24) is 10.6 Å². The minimum Gasteiger partial charge on any atom is -0.508 e. The molecule has 0 aliphatic heterocycles. The third-order valence-electron chi connectivity index (χ3n) is 6.73. The Morgan fingerprint density at radius 1 is 0.641 bits per heavy atom. The van der Waals surface area contributed by atoms with E-state index < -0.39 is 0 Å². The smallest absolute Gasteiger partial charge is 0.320 e. The molecule has 216 valence electrons.